The Hall–Kier alpha value is -1.96. The summed E-state index contributed by atoms with van der Waals surface area (Å²) in [6.45, 7) is 3.01. The van der Waals surface area contributed by atoms with Gasteiger partial charge in [0.05, 0.1) is 0 Å². The van der Waals surface area contributed by atoms with Gasteiger partial charge in [0.15, 0.2) is 0 Å². The lowest BCUT2D eigenvalue weighted by Gasteiger charge is -2.10. The number of rotatable bonds is 4. The Morgan fingerprint density at radius 1 is 1.06 bits per heavy atom. The van der Waals surface area contributed by atoms with Crippen molar-refractivity contribution in [1.82, 2.24) is 0 Å². The van der Waals surface area contributed by atoms with Crippen molar-refractivity contribution in [2.24, 2.45) is 0 Å². The highest BCUT2D eigenvalue weighted by atomic mass is 14.9. The lowest BCUT2D eigenvalue weighted by atomic mass is 10.1. The molecule has 0 fully saturated rings. The molecule has 0 spiro atoms. The third-order valence-electron chi connectivity index (χ3n) is 2.83. The van der Waals surface area contributed by atoms with Gasteiger partial charge in [-0.2, -0.15) is 0 Å². The van der Waals surface area contributed by atoms with Crippen LogP contribution in [0.3, 0.4) is 0 Å². The Kier molecular flexibility index (Phi) is 3.66. The fourth-order valence-electron chi connectivity index (χ4n) is 1.82. The van der Waals surface area contributed by atoms with Crippen molar-refractivity contribution >= 4 is 11.4 Å². The van der Waals surface area contributed by atoms with E-state index in [2.05, 4.69) is 36.5 Å². The zero-order chi connectivity index (χ0) is 12.1. The van der Waals surface area contributed by atoms with Gasteiger partial charge in [-0.1, -0.05) is 36.4 Å². The van der Waals surface area contributed by atoms with Crippen LogP contribution in [0.4, 0.5) is 11.4 Å². The van der Waals surface area contributed by atoms with Gasteiger partial charge in [0.25, 0.3) is 0 Å². The largest absolute Gasteiger partial charge is 0.399 e. The first-order valence-electron chi connectivity index (χ1n) is 5.89. The van der Waals surface area contributed by atoms with E-state index in [0.29, 0.717) is 0 Å². The summed E-state index contributed by atoms with van der Waals surface area (Å²) in [5.41, 5.74) is 10.3. The number of nitrogens with two attached hydrogens (primary N) is 1. The molecule has 0 saturated carbocycles. The van der Waals surface area contributed by atoms with Gasteiger partial charge in [0, 0.05) is 17.9 Å². The van der Waals surface area contributed by atoms with Crippen LogP contribution in [0.15, 0.2) is 48.5 Å². The van der Waals surface area contributed by atoms with Crippen molar-refractivity contribution in [2.75, 3.05) is 17.6 Å². The molecule has 0 radical (unpaired) electrons. The molecular weight excluding hydrogens is 208 g/mol. The summed E-state index contributed by atoms with van der Waals surface area (Å²) < 4.78 is 0. The fraction of sp³-hybridized carbons (Fsp3) is 0.200. The highest BCUT2D eigenvalue weighted by Crippen LogP contribution is 2.17. The molecule has 0 aliphatic carbocycles. The molecule has 0 saturated heterocycles. The van der Waals surface area contributed by atoms with E-state index >= 15 is 0 Å². The van der Waals surface area contributed by atoms with Crippen molar-refractivity contribution in [3.8, 4) is 0 Å². The average molecular weight is 226 g/mol. The number of nitrogen functional groups attached to an aromatic ring is 1. The molecule has 0 aliphatic rings. The number of aryl methyl sites for hydroxylation is 1. The van der Waals surface area contributed by atoms with Crippen LogP contribution in [0.1, 0.15) is 11.1 Å². The maximum absolute atomic E-state index is 5.77. The van der Waals surface area contributed by atoms with Crippen LogP contribution in [0.5, 0.6) is 0 Å². The van der Waals surface area contributed by atoms with E-state index in [0.717, 1.165) is 24.3 Å². The van der Waals surface area contributed by atoms with E-state index in [1.54, 1.807) is 0 Å². The summed E-state index contributed by atoms with van der Waals surface area (Å²) >= 11 is 0. The van der Waals surface area contributed by atoms with Crippen molar-refractivity contribution in [3.63, 3.8) is 0 Å². The lowest BCUT2D eigenvalue weighted by molar-refractivity contribution is 1.02. The van der Waals surface area contributed by atoms with E-state index < -0.39 is 0 Å². The molecule has 2 heteroatoms. The van der Waals surface area contributed by atoms with Crippen molar-refractivity contribution in [1.29, 1.82) is 0 Å². The monoisotopic (exact) mass is 226 g/mol. The van der Waals surface area contributed by atoms with E-state index in [4.69, 9.17) is 5.73 Å². The van der Waals surface area contributed by atoms with Crippen LogP contribution in [-0.2, 0) is 6.42 Å². The number of hydrogen-bond donors (Lipinski definition) is 2. The molecule has 0 aromatic heterocycles. The Morgan fingerprint density at radius 2 is 1.82 bits per heavy atom. The molecule has 0 unspecified atom stereocenters. The van der Waals surface area contributed by atoms with Crippen LogP contribution >= 0.6 is 0 Å². The minimum Gasteiger partial charge on any atom is -0.399 e. The first-order chi connectivity index (χ1) is 8.25. The smallest absolute Gasteiger partial charge is 0.0390 e. The van der Waals surface area contributed by atoms with Gasteiger partial charge < -0.3 is 11.1 Å². The van der Waals surface area contributed by atoms with Crippen molar-refractivity contribution in [3.05, 3.63) is 59.7 Å². The molecule has 0 aliphatic heterocycles. The topological polar surface area (TPSA) is 38.0 Å². The third-order valence-corrected chi connectivity index (χ3v) is 2.83. The van der Waals surface area contributed by atoms with Crippen LogP contribution in [0, 0.1) is 6.92 Å². The molecule has 2 nitrogen and oxygen atoms in total. The normalized spacial score (nSPS) is 10.2. The first kappa shape index (κ1) is 11.5. The highest BCUT2D eigenvalue weighted by Gasteiger charge is 1.98. The maximum atomic E-state index is 5.77. The Morgan fingerprint density at radius 3 is 2.59 bits per heavy atom. The van der Waals surface area contributed by atoms with Gasteiger partial charge in [-0.15, -0.1) is 0 Å². The zero-order valence-electron chi connectivity index (χ0n) is 10.1. The quantitative estimate of drug-likeness (QED) is 0.785. The van der Waals surface area contributed by atoms with Gasteiger partial charge in [0.1, 0.15) is 0 Å². The summed E-state index contributed by atoms with van der Waals surface area (Å²) in [6.07, 6.45) is 1.02. The highest BCUT2D eigenvalue weighted by molar-refractivity contribution is 5.59. The van der Waals surface area contributed by atoms with Gasteiger partial charge in [-0.25, -0.2) is 0 Å². The van der Waals surface area contributed by atoms with E-state index in [1.165, 1.54) is 11.1 Å². The number of benzene rings is 2. The Labute approximate surface area is 102 Å². The molecule has 0 amide bonds. The van der Waals surface area contributed by atoms with E-state index in [-0.39, 0.29) is 0 Å². The number of nitrogens with one attached hydrogen (secondary N) is 1. The van der Waals surface area contributed by atoms with Crippen LogP contribution < -0.4 is 11.1 Å². The molecule has 0 heterocycles. The third kappa shape index (κ3) is 3.25. The second-order valence-electron chi connectivity index (χ2n) is 4.24. The Balaban J connectivity index is 1.92. The van der Waals surface area contributed by atoms with Gasteiger partial charge in [-0.05, 0) is 36.6 Å². The molecule has 3 N–H and O–H groups in total. The SMILES string of the molecule is Cc1ccc(N)cc1NCCc1ccccc1. The summed E-state index contributed by atoms with van der Waals surface area (Å²) in [4.78, 5) is 0. The molecule has 0 atom stereocenters. The Bertz CT molecular complexity index is 478. The minimum absolute atomic E-state index is 0.804. The van der Waals surface area contributed by atoms with Crippen LogP contribution in [0.25, 0.3) is 0 Å². The summed E-state index contributed by atoms with van der Waals surface area (Å²) in [5, 5.41) is 3.42. The summed E-state index contributed by atoms with van der Waals surface area (Å²) in [7, 11) is 0. The summed E-state index contributed by atoms with van der Waals surface area (Å²) in [6, 6.07) is 16.4. The predicted molar refractivity (Wildman–Crippen MR) is 74.2 cm³/mol. The van der Waals surface area contributed by atoms with Gasteiger partial charge in [-0.3, -0.25) is 0 Å². The molecule has 2 aromatic carbocycles. The zero-order valence-corrected chi connectivity index (χ0v) is 10.1. The van der Waals surface area contributed by atoms with Crippen molar-refractivity contribution in [2.45, 2.75) is 13.3 Å². The van der Waals surface area contributed by atoms with E-state index in [9.17, 15) is 0 Å². The lowest BCUT2D eigenvalue weighted by Crippen LogP contribution is -2.06. The predicted octanol–water partition coefficient (Wildman–Crippen LogP) is 3.23. The second-order valence-corrected chi connectivity index (χ2v) is 4.24. The van der Waals surface area contributed by atoms with Crippen LogP contribution in [-0.4, -0.2) is 6.54 Å². The molecule has 2 rings (SSSR count). The standard InChI is InChI=1S/C15H18N2/c1-12-7-8-14(16)11-15(12)17-10-9-13-5-3-2-4-6-13/h2-8,11,17H,9-10,16H2,1H3. The second kappa shape index (κ2) is 5.39. The maximum Gasteiger partial charge on any atom is 0.0390 e. The van der Waals surface area contributed by atoms with Gasteiger partial charge >= 0.3 is 0 Å². The molecular formula is C15H18N2. The van der Waals surface area contributed by atoms with Crippen molar-refractivity contribution < 1.29 is 0 Å². The van der Waals surface area contributed by atoms with E-state index in [1.807, 2.05) is 24.3 Å². The summed E-state index contributed by atoms with van der Waals surface area (Å²) in [5.74, 6) is 0. The molecule has 0 bridgehead atoms. The molecule has 88 valence electrons. The molecule has 17 heavy (non-hydrogen) atoms. The fourth-order valence-corrected chi connectivity index (χ4v) is 1.82. The number of hydrogen-bond acceptors (Lipinski definition) is 2. The number of anilines is 2. The minimum atomic E-state index is 0.804. The van der Waals surface area contributed by atoms with Crippen LogP contribution in [0.2, 0.25) is 0 Å². The van der Waals surface area contributed by atoms with Gasteiger partial charge in [0.2, 0.25) is 0 Å². The molecule has 2 aromatic rings. The average Bonchev–Trinajstić information content (AvgIpc) is 2.35. The first-order valence-corrected chi connectivity index (χ1v) is 5.89.